The molecule has 6 N–H and O–H groups in total. The Kier molecular flexibility index (Phi) is 11.1. The predicted octanol–water partition coefficient (Wildman–Crippen LogP) is -0.850. The van der Waals surface area contributed by atoms with Crippen molar-refractivity contribution >= 4 is 35.5 Å². The van der Waals surface area contributed by atoms with Gasteiger partial charge in [0.1, 0.15) is 18.1 Å². The lowest BCUT2D eigenvalue weighted by atomic mass is 9.98. The van der Waals surface area contributed by atoms with E-state index in [0.717, 1.165) is 6.42 Å². The first kappa shape index (κ1) is 26.2. The molecule has 0 saturated carbocycles. The van der Waals surface area contributed by atoms with Crippen LogP contribution in [-0.4, -0.2) is 88.1 Å². The standard InChI is InChI=1S/C19H34N4O6S/c1-4-11(2)15(20)18(27)23-8-5-6-14(23)17(26)21-12(7-9-30-3)16(25)22-13(10-24)19(28)29/h11-15,24H,4-10,20H2,1-3H3,(H,21,26)(H,22,25)(H,28,29). The molecule has 1 saturated heterocycles. The molecular formula is C19H34N4O6S. The highest BCUT2D eigenvalue weighted by molar-refractivity contribution is 7.98. The lowest BCUT2D eigenvalue weighted by Gasteiger charge is -2.30. The van der Waals surface area contributed by atoms with Crippen molar-refractivity contribution in [2.24, 2.45) is 11.7 Å². The molecule has 1 heterocycles. The zero-order chi connectivity index (χ0) is 22.8. The molecule has 30 heavy (non-hydrogen) atoms. The summed E-state index contributed by atoms with van der Waals surface area (Å²) in [5.74, 6) is -2.26. The molecule has 1 aliphatic rings. The summed E-state index contributed by atoms with van der Waals surface area (Å²) in [6.07, 6.45) is 3.99. The van der Waals surface area contributed by atoms with Crippen LogP contribution in [0, 0.1) is 5.92 Å². The van der Waals surface area contributed by atoms with Crippen LogP contribution in [0.2, 0.25) is 0 Å². The highest BCUT2D eigenvalue weighted by Crippen LogP contribution is 2.21. The highest BCUT2D eigenvalue weighted by atomic mass is 32.2. The van der Waals surface area contributed by atoms with Gasteiger partial charge in [0.15, 0.2) is 0 Å². The SMILES string of the molecule is CCC(C)C(N)C(=O)N1CCCC1C(=O)NC(CCSC)C(=O)NC(CO)C(=O)O. The van der Waals surface area contributed by atoms with Crippen molar-refractivity contribution in [1.82, 2.24) is 15.5 Å². The van der Waals surface area contributed by atoms with E-state index in [9.17, 15) is 19.2 Å². The number of amides is 3. The number of hydrogen-bond donors (Lipinski definition) is 5. The molecule has 0 aliphatic carbocycles. The van der Waals surface area contributed by atoms with Crippen LogP contribution in [-0.2, 0) is 19.2 Å². The van der Waals surface area contributed by atoms with Crippen molar-refractivity contribution in [3.8, 4) is 0 Å². The molecule has 0 aromatic carbocycles. The van der Waals surface area contributed by atoms with Crippen molar-refractivity contribution in [3.05, 3.63) is 0 Å². The number of hydrogen-bond acceptors (Lipinski definition) is 7. The molecular weight excluding hydrogens is 412 g/mol. The van der Waals surface area contributed by atoms with Gasteiger partial charge in [0, 0.05) is 6.54 Å². The van der Waals surface area contributed by atoms with Crippen LogP contribution in [0.4, 0.5) is 0 Å². The Hall–Kier alpha value is -1.85. The maximum atomic E-state index is 12.9. The Morgan fingerprint density at radius 1 is 1.23 bits per heavy atom. The van der Waals surface area contributed by atoms with E-state index in [1.54, 1.807) is 0 Å². The van der Waals surface area contributed by atoms with E-state index in [4.69, 9.17) is 15.9 Å². The predicted molar refractivity (Wildman–Crippen MR) is 114 cm³/mol. The second kappa shape index (κ2) is 12.8. The molecule has 172 valence electrons. The van der Waals surface area contributed by atoms with Crippen molar-refractivity contribution in [2.45, 2.75) is 63.7 Å². The summed E-state index contributed by atoms with van der Waals surface area (Å²) in [6.45, 7) is 3.49. The van der Waals surface area contributed by atoms with Crippen molar-refractivity contribution in [1.29, 1.82) is 0 Å². The highest BCUT2D eigenvalue weighted by Gasteiger charge is 2.38. The Balaban J connectivity index is 2.87. The lowest BCUT2D eigenvalue weighted by molar-refractivity contribution is -0.144. The normalized spacial score (nSPS) is 20.2. The maximum Gasteiger partial charge on any atom is 0.328 e. The largest absolute Gasteiger partial charge is 0.480 e. The number of aliphatic hydroxyl groups is 1. The number of nitrogens with two attached hydrogens (primary N) is 1. The number of nitrogens with one attached hydrogen (secondary N) is 2. The Bertz CT molecular complexity index is 620. The summed E-state index contributed by atoms with van der Waals surface area (Å²) in [5, 5.41) is 23.0. The summed E-state index contributed by atoms with van der Waals surface area (Å²) in [5.41, 5.74) is 6.06. The third kappa shape index (κ3) is 7.13. The minimum absolute atomic E-state index is 0.0200. The average molecular weight is 447 g/mol. The van der Waals surface area contributed by atoms with Crippen molar-refractivity contribution < 1.29 is 29.4 Å². The summed E-state index contributed by atoms with van der Waals surface area (Å²) in [6, 6.07) is -3.84. The molecule has 5 unspecified atom stereocenters. The van der Waals surface area contributed by atoms with Gasteiger partial charge in [0.05, 0.1) is 12.6 Å². The minimum atomic E-state index is -1.45. The van der Waals surface area contributed by atoms with Gasteiger partial charge in [0.2, 0.25) is 17.7 Å². The number of aliphatic hydroxyl groups excluding tert-OH is 1. The van der Waals surface area contributed by atoms with E-state index in [2.05, 4.69) is 10.6 Å². The van der Waals surface area contributed by atoms with Crippen LogP contribution in [0.1, 0.15) is 39.5 Å². The van der Waals surface area contributed by atoms with Crippen LogP contribution < -0.4 is 16.4 Å². The van der Waals surface area contributed by atoms with E-state index in [1.807, 2.05) is 20.1 Å². The molecule has 1 rings (SSSR count). The fourth-order valence-electron chi connectivity index (χ4n) is 3.22. The smallest absolute Gasteiger partial charge is 0.328 e. The second-order valence-corrected chi connectivity index (χ2v) is 8.51. The van der Waals surface area contributed by atoms with Gasteiger partial charge in [-0.25, -0.2) is 4.79 Å². The molecule has 1 aliphatic heterocycles. The van der Waals surface area contributed by atoms with Gasteiger partial charge >= 0.3 is 5.97 Å². The number of carbonyl (C=O) groups excluding carboxylic acids is 3. The first-order chi connectivity index (χ1) is 14.2. The van der Waals surface area contributed by atoms with E-state index in [0.29, 0.717) is 25.1 Å². The molecule has 0 aromatic heterocycles. The molecule has 1 fully saturated rings. The topological polar surface area (TPSA) is 162 Å². The van der Waals surface area contributed by atoms with Crippen LogP contribution in [0.15, 0.2) is 0 Å². The van der Waals surface area contributed by atoms with E-state index in [-0.39, 0.29) is 18.2 Å². The van der Waals surface area contributed by atoms with E-state index < -0.39 is 48.6 Å². The molecule has 0 bridgehead atoms. The van der Waals surface area contributed by atoms with E-state index in [1.165, 1.54) is 16.7 Å². The first-order valence-electron chi connectivity index (χ1n) is 10.2. The fraction of sp³-hybridized carbons (Fsp3) is 0.789. The molecule has 10 nitrogen and oxygen atoms in total. The van der Waals surface area contributed by atoms with E-state index >= 15 is 0 Å². The number of carboxylic acid groups (broad SMARTS) is 1. The monoisotopic (exact) mass is 446 g/mol. The summed E-state index contributed by atoms with van der Waals surface area (Å²) < 4.78 is 0. The number of likely N-dealkylation sites (tertiary alicyclic amines) is 1. The number of carbonyl (C=O) groups is 4. The maximum absolute atomic E-state index is 12.9. The summed E-state index contributed by atoms with van der Waals surface area (Å²) in [4.78, 5) is 50.7. The molecule has 11 heteroatoms. The van der Waals surface area contributed by atoms with Gasteiger partial charge in [-0.2, -0.15) is 11.8 Å². The number of nitrogens with zero attached hydrogens (tertiary/aromatic N) is 1. The average Bonchev–Trinajstić information content (AvgIpc) is 3.22. The quantitative estimate of drug-likeness (QED) is 0.259. The van der Waals surface area contributed by atoms with Crippen LogP contribution in [0.25, 0.3) is 0 Å². The Morgan fingerprint density at radius 2 is 1.90 bits per heavy atom. The van der Waals surface area contributed by atoms with Gasteiger partial charge in [-0.15, -0.1) is 0 Å². The van der Waals surface area contributed by atoms with Crippen molar-refractivity contribution in [3.63, 3.8) is 0 Å². The molecule has 0 radical (unpaired) electrons. The zero-order valence-corrected chi connectivity index (χ0v) is 18.6. The van der Waals surface area contributed by atoms with Crippen LogP contribution in [0.3, 0.4) is 0 Å². The third-order valence-corrected chi connectivity index (χ3v) is 6.07. The minimum Gasteiger partial charge on any atom is -0.480 e. The van der Waals surface area contributed by atoms with Gasteiger partial charge in [0.25, 0.3) is 0 Å². The number of thioether (sulfide) groups is 1. The molecule has 5 atom stereocenters. The van der Waals surface area contributed by atoms with Gasteiger partial charge in [-0.3, -0.25) is 14.4 Å². The number of aliphatic carboxylic acids is 1. The van der Waals surface area contributed by atoms with Gasteiger partial charge in [-0.1, -0.05) is 20.3 Å². The number of carboxylic acids is 1. The third-order valence-electron chi connectivity index (χ3n) is 5.42. The zero-order valence-electron chi connectivity index (χ0n) is 17.8. The van der Waals surface area contributed by atoms with Crippen molar-refractivity contribution in [2.75, 3.05) is 25.2 Å². The van der Waals surface area contributed by atoms with Crippen LogP contribution in [0.5, 0.6) is 0 Å². The first-order valence-corrected chi connectivity index (χ1v) is 11.6. The number of rotatable bonds is 12. The van der Waals surface area contributed by atoms with Crippen LogP contribution >= 0.6 is 11.8 Å². The Labute approximate surface area is 181 Å². The second-order valence-electron chi connectivity index (χ2n) is 7.53. The molecule has 0 aromatic rings. The van der Waals surface area contributed by atoms with Gasteiger partial charge < -0.3 is 31.5 Å². The summed E-state index contributed by atoms with van der Waals surface area (Å²) in [7, 11) is 0. The van der Waals surface area contributed by atoms with Gasteiger partial charge in [-0.05, 0) is 37.2 Å². The lowest BCUT2D eigenvalue weighted by Crippen LogP contribution is -2.57. The molecule has 3 amide bonds. The fourth-order valence-corrected chi connectivity index (χ4v) is 3.69. The Morgan fingerprint density at radius 3 is 2.43 bits per heavy atom. The molecule has 0 spiro atoms. The summed E-state index contributed by atoms with van der Waals surface area (Å²) >= 11 is 1.47.